The Morgan fingerprint density at radius 2 is 2.00 bits per heavy atom. The summed E-state index contributed by atoms with van der Waals surface area (Å²) in [5.41, 5.74) is 2.09. The molecule has 0 saturated carbocycles. The van der Waals surface area contributed by atoms with Crippen LogP contribution in [-0.2, 0) is 13.2 Å². The zero-order valence-electron chi connectivity index (χ0n) is 10.7. The fraction of sp³-hybridized carbons (Fsp3) is 0.357. The average Bonchev–Trinajstić information content (AvgIpc) is 2.80. The van der Waals surface area contributed by atoms with Gasteiger partial charge in [-0.1, -0.05) is 44.2 Å². The molecule has 0 aliphatic carbocycles. The molecule has 1 aromatic heterocycles. The third kappa shape index (κ3) is 3.16. The quantitative estimate of drug-likeness (QED) is 0.871. The lowest BCUT2D eigenvalue weighted by Gasteiger charge is -2.07. The average molecular weight is 262 g/mol. The predicted molar refractivity (Wildman–Crippen MR) is 75.4 cm³/mol. The largest absolute Gasteiger partial charge is 0.389 e. The second-order valence-corrected chi connectivity index (χ2v) is 5.61. The van der Waals surface area contributed by atoms with Crippen LogP contribution in [0.15, 0.2) is 30.3 Å². The van der Waals surface area contributed by atoms with Crippen molar-refractivity contribution in [1.82, 2.24) is 10.3 Å². The van der Waals surface area contributed by atoms with Gasteiger partial charge in [0.05, 0.1) is 12.3 Å². The second-order valence-electron chi connectivity index (χ2n) is 4.44. The van der Waals surface area contributed by atoms with Crippen molar-refractivity contribution in [3.05, 3.63) is 40.2 Å². The van der Waals surface area contributed by atoms with Crippen LogP contribution in [0.4, 0.5) is 0 Å². The Kier molecular flexibility index (Phi) is 4.47. The monoisotopic (exact) mass is 262 g/mol. The standard InChI is InChI=1S/C14H18N2OS/c1-10(2)15-8-12-14(16-13(9-17)18-12)11-6-4-3-5-7-11/h3-7,10,15,17H,8-9H2,1-2H3. The van der Waals surface area contributed by atoms with Gasteiger partial charge in [-0.05, 0) is 0 Å². The summed E-state index contributed by atoms with van der Waals surface area (Å²) in [7, 11) is 0. The molecule has 0 atom stereocenters. The zero-order chi connectivity index (χ0) is 13.0. The van der Waals surface area contributed by atoms with Crippen molar-refractivity contribution in [2.24, 2.45) is 0 Å². The first-order valence-corrected chi connectivity index (χ1v) is 6.90. The van der Waals surface area contributed by atoms with Gasteiger partial charge in [0.2, 0.25) is 0 Å². The van der Waals surface area contributed by atoms with Crippen molar-refractivity contribution in [2.75, 3.05) is 0 Å². The summed E-state index contributed by atoms with van der Waals surface area (Å²) in [6.45, 7) is 5.04. The van der Waals surface area contributed by atoms with E-state index in [1.54, 1.807) is 11.3 Å². The van der Waals surface area contributed by atoms with Crippen LogP contribution in [0.5, 0.6) is 0 Å². The van der Waals surface area contributed by atoms with Crippen LogP contribution < -0.4 is 5.32 Å². The van der Waals surface area contributed by atoms with Crippen LogP contribution in [0.25, 0.3) is 11.3 Å². The molecular weight excluding hydrogens is 244 g/mol. The molecule has 0 aliphatic heterocycles. The SMILES string of the molecule is CC(C)NCc1sc(CO)nc1-c1ccccc1. The van der Waals surface area contributed by atoms with E-state index in [2.05, 4.69) is 36.3 Å². The maximum Gasteiger partial charge on any atom is 0.119 e. The van der Waals surface area contributed by atoms with Crippen molar-refractivity contribution in [1.29, 1.82) is 0 Å². The van der Waals surface area contributed by atoms with E-state index in [1.807, 2.05) is 18.2 Å². The highest BCUT2D eigenvalue weighted by Gasteiger charge is 2.12. The van der Waals surface area contributed by atoms with Gasteiger partial charge in [-0.2, -0.15) is 0 Å². The number of nitrogens with zero attached hydrogens (tertiary/aromatic N) is 1. The van der Waals surface area contributed by atoms with Gasteiger partial charge in [-0.25, -0.2) is 4.98 Å². The summed E-state index contributed by atoms with van der Waals surface area (Å²) in [5.74, 6) is 0. The first-order valence-electron chi connectivity index (χ1n) is 6.09. The van der Waals surface area contributed by atoms with Crippen molar-refractivity contribution >= 4 is 11.3 Å². The predicted octanol–water partition coefficient (Wildman–Crippen LogP) is 2.80. The molecule has 0 radical (unpaired) electrons. The molecule has 3 nitrogen and oxygen atoms in total. The van der Waals surface area contributed by atoms with Gasteiger partial charge in [0.1, 0.15) is 5.01 Å². The fourth-order valence-corrected chi connectivity index (χ4v) is 2.61. The zero-order valence-corrected chi connectivity index (χ0v) is 11.5. The first-order chi connectivity index (χ1) is 8.70. The Labute approximate surface area is 112 Å². The van der Waals surface area contributed by atoms with Crippen molar-refractivity contribution in [3.8, 4) is 11.3 Å². The molecule has 4 heteroatoms. The number of nitrogens with one attached hydrogen (secondary N) is 1. The highest BCUT2D eigenvalue weighted by atomic mass is 32.1. The molecule has 0 amide bonds. The Morgan fingerprint density at radius 3 is 2.61 bits per heavy atom. The molecule has 18 heavy (non-hydrogen) atoms. The molecule has 2 rings (SSSR count). The number of aromatic nitrogens is 1. The third-order valence-corrected chi connectivity index (χ3v) is 3.64. The molecule has 0 saturated heterocycles. The van der Waals surface area contributed by atoms with Crippen LogP contribution in [0.1, 0.15) is 23.7 Å². The van der Waals surface area contributed by atoms with Crippen molar-refractivity contribution in [2.45, 2.75) is 33.0 Å². The van der Waals surface area contributed by atoms with Gasteiger partial charge in [0, 0.05) is 23.0 Å². The maximum atomic E-state index is 9.23. The van der Waals surface area contributed by atoms with Gasteiger partial charge in [0.15, 0.2) is 0 Å². The number of hydrogen-bond donors (Lipinski definition) is 2. The Morgan fingerprint density at radius 1 is 1.28 bits per heavy atom. The summed E-state index contributed by atoms with van der Waals surface area (Å²) < 4.78 is 0. The van der Waals surface area contributed by atoms with E-state index >= 15 is 0 Å². The molecule has 2 aromatic rings. The van der Waals surface area contributed by atoms with E-state index in [0.717, 1.165) is 22.8 Å². The summed E-state index contributed by atoms with van der Waals surface area (Å²) in [6, 6.07) is 10.5. The van der Waals surface area contributed by atoms with Crippen LogP contribution in [0.2, 0.25) is 0 Å². The smallest absolute Gasteiger partial charge is 0.119 e. The van der Waals surface area contributed by atoms with Crippen LogP contribution in [0.3, 0.4) is 0 Å². The molecule has 0 fully saturated rings. The summed E-state index contributed by atoms with van der Waals surface area (Å²) in [5, 5.41) is 13.4. The number of benzene rings is 1. The Bertz CT molecular complexity index is 494. The third-order valence-electron chi connectivity index (χ3n) is 2.59. The molecule has 0 bridgehead atoms. The van der Waals surface area contributed by atoms with Gasteiger partial charge in [-0.3, -0.25) is 0 Å². The Hall–Kier alpha value is -1.23. The number of aliphatic hydroxyl groups excluding tert-OH is 1. The minimum atomic E-state index is 0.00613. The van der Waals surface area contributed by atoms with E-state index in [4.69, 9.17) is 0 Å². The lowest BCUT2D eigenvalue weighted by Crippen LogP contribution is -2.21. The Balaban J connectivity index is 2.30. The minimum Gasteiger partial charge on any atom is -0.389 e. The van der Waals surface area contributed by atoms with E-state index in [-0.39, 0.29) is 6.61 Å². The lowest BCUT2D eigenvalue weighted by molar-refractivity contribution is 0.281. The lowest BCUT2D eigenvalue weighted by atomic mass is 10.1. The van der Waals surface area contributed by atoms with Gasteiger partial charge in [0.25, 0.3) is 0 Å². The van der Waals surface area contributed by atoms with Crippen LogP contribution in [-0.4, -0.2) is 16.1 Å². The normalized spacial score (nSPS) is 11.1. The van der Waals surface area contributed by atoms with E-state index in [0.29, 0.717) is 6.04 Å². The second kappa shape index (κ2) is 6.09. The number of thiazole rings is 1. The van der Waals surface area contributed by atoms with Gasteiger partial charge >= 0.3 is 0 Å². The molecular formula is C14H18N2OS. The molecule has 2 N–H and O–H groups in total. The minimum absolute atomic E-state index is 0.00613. The van der Waals surface area contributed by atoms with E-state index < -0.39 is 0 Å². The molecule has 1 aromatic carbocycles. The van der Waals surface area contributed by atoms with E-state index in [1.165, 1.54) is 4.88 Å². The molecule has 0 spiro atoms. The topological polar surface area (TPSA) is 45.1 Å². The molecule has 96 valence electrons. The summed E-state index contributed by atoms with van der Waals surface area (Å²) in [6.07, 6.45) is 0. The summed E-state index contributed by atoms with van der Waals surface area (Å²) >= 11 is 1.57. The van der Waals surface area contributed by atoms with Crippen LogP contribution >= 0.6 is 11.3 Å². The van der Waals surface area contributed by atoms with Crippen molar-refractivity contribution < 1.29 is 5.11 Å². The highest BCUT2D eigenvalue weighted by molar-refractivity contribution is 7.12. The molecule has 1 heterocycles. The van der Waals surface area contributed by atoms with Gasteiger partial charge in [-0.15, -0.1) is 11.3 Å². The molecule has 0 aliphatic rings. The maximum absolute atomic E-state index is 9.23. The number of rotatable bonds is 5. The summed E-state index contributed by atoms with van der Waals surface area (Å²) in [4.78, 5) is 5.68. The fourth-order valence-electron chi connectivity index (χ4n) is 1.71. The van der Waals surface area contributed by atoms with Crippen LogP contribution in [0, 0.1) is 0 Å². The first kappa shape index (κ1) is 13.2. The number of aliphatic hydroxyl groups is 1. The van der Waals surface area contributed by atoms with E-state index in [9.17, 15) is 5.11 Å². The molecule has 0 unspecified atom stereocenters. The highest BCUT2D eigenvalue weighted by Crippen LogP contribution is 2.28. The number of hydrogen-bond acceptors (Lipinski definition) is 4. The van der Waals surface area contributed by atoms with Crippen molar-refractivity contribution in [3.63, 3.8) is 0 Å². The van der Waals surface area contributed by atoms with Gasteiger partial charge < -0.3 is 10.4 Å².